The molecule has 2 aromatic carbocycles. The smallest absolute Gasteiger partial charge is 0.339 e. The van der Waals surface area contributed by atoms with Gasteiger partial charge in [0.2, 0.25) is 0 Å². The maximum absolute atomic E-state index is 13.1. The van der Waals surface area contributed by atoms with Crippen molar-refractivity contribution in [1.29, 1.82) is 0 Å². The Morgan fingerprint density at radius 3 is 2.65 bits per heavy atom. The number of benzene rings is 2. The van der Waals surface area contributed by atoms with Crippen LogP contribution in [0.4, 0.5) is 0 Å². The van der Waals surface area contributed by atoms with Gasteiger partial charge in [-0.05, 0) is 62.3 Å². The number of para-hydroxylation sites is 1. The first-order chi connectivity index (χ1) is 14.9. The van der Waals surface area contributed by atoms with Gasteiger partial charge in [0.25, 0.3) is 5.91 Å². The van der Waals surface area contributed by atoms with Crippen molar-refractivity contribution in [3.63, 3.8) is 0 Å². The maximum Gasteiger partial charge on any atom is 0.339 e. The molecule has 0 spiro atoms. The van der Waals surface area contributed by atoms with E-state index in [4.69, 9.17) is 9.72 Å². The zero-order valence-electron chi connectivity index (χ0n) is 18.4. The molecule has 1 aliphatic carbocycles. The number of aryl methyl sites for hydroxylation is 3. The van der Waals surface area contributed by atoms with Crippen LogP contribution in [0.15, 0.2) is 42.5 Å². The standard InChI is InChI=1S/C26H28N2O3/c1-17-12-13-19(18(2)14-17)15-28(3)24(29)16-31-26(30)25-20-8-4-6-10-22(20)27-23-11-7-5-9-21(23)25/h4,6,8,10,12-14H,5,7,9,11,15-16H2,1-3H3. The molecule has 1 aromatic heterocycles. The van der Waals surface area contributed by atoms with Crippen LogP contribution in [0.5, 0.6) is 0 Å². The normalized spacial score (nSPS) is 13.0. The fourth-order valence-electron chi connectivity index (χ4n) is 4.28. The highest BCUT2D eigenvalue weighted by Crippen LogP contribution is 2.29. The van der Waals surface area contributed by atoms with E-state index in [1.807, 2.05) is 50.2 Å². The number of carbonyl (C=O) groups is 2. The van der Waals surface area contributed by atoms with E-state index in [0.29, 0.717) is 12.1 Å². The summed E-state index contributed by atoms with van der Waals surface area (Å²) in [6.45, 7) is 4.30. The van der Waals surface area contributed by atoms with Gasteiger partial charge in [-0.1, -0.05) is 42.0 Å². The van der Waals surface area contributed by atoms with Crippen molar-refractivity contribution in [2.75, 3.05) is 13.7 Å². The lowest BCUT2D eigenvalue weighted by Gasteiger charge is -2.21. The highest BCUT2D eigenvalue weighted by molar-refractivity contribution is 6.05. The first-order valence-corrected chi connectivity index (χ1v) is 10.8. The monoisotopic (exact) mass is 416 g/mol. The van der Waals surface area contributed by atoms with Gasteiger partial charge in [0, 0.05) is 24.7 Å². The second kappa shape index (κ2) is 8.88. The molecule has 0 radical (unpaired) electrons. The van der Waals surface area contributed by atoms with Crippen molar-refractivity contribution in [3.8, 4) is 0 Å². The number of likely N-dealkylation sites (N-methyl/N-ethyl adjacent to an activating group) is 1. The molecule has 0 aliphatic heterocycles. The zero-order chi connectivity index (χ0) is 22.0. The lowest BCUT2D eigenvalue weighted by molar-refractivity contribution is -0.133. The Morgan fingerprint density at radius 1 is 1.06 bits per heavy atom. The largest absolute Gasteiger partial charge is 0.452 e. The van der Waals surface area contributed by atoms with Gasteiger partial charge in [-0.25, -0.2) is 4.79 Å². The number of nitrogens with zero attached hydrogens (tertiary/aromatic N) is 2. The van der Waals surface area contributed by atoms with E-state index in [0.717, 1.165) is 59.0 Å². The maximum atomic E-state index is 13.1. The van der Waals surface area contributed by atoms with Crippen LogP contribution in [-0.2, 0) is 28.9 Å². The molecule has 3 aromatic rings. The van der Waals surface area contributed by atoms with Crippen molar-refractivity contribution in [1.82, 2.24) is 9.88 Å². The SMILES string of the molecule is Cc1ccc(CN(C)C(=O)COC(=O)c2c3c(nc4ccccc24)CCCC3)c(C)c1. The van der Waals surface area contributed by atoms with Gasteiger partial charge in [0.1, 0.15) is 0 Å². The average Bonchev–Trinajstić information content (AvgIpc) is 2.77. The summed E-state index contributed by atoms with van der Waals surface area (Å²) < 4.78 is 5.51. The molecule has 1 aliphatic rings. The van der Waals surface area contributed by atoms with Gasteiger partial charge >= 0.3 is 5.97 Å². The van der Waals surface area contributed by atoms with Crippen molar-refractivity contribution < 1.29 is 14.3 Å². The molecule has 0 N–H and O–H groups in total. The van der Waals surface area contributed by atoms with Gasteiger partial charge in [0.05, 0.1) is 11.1 Å². The van der Waals surface area contributed by atoms with Crippen molar-refractivity contribution in [3.05, 3.63) is 76.0 Å². The number of hydrogen-bond donors (Lipinski definition) is 0. The van der Waals surface area contributed by atoms with E-state index in [9.17, 15) is 9.59 Å². The van der Waals surface area contributed by atoms with Crippen LogP contribution < -0.4 is 0 Å². The first-order valence-electron chi connectivity index (χ1n) is 10.8. The topological polar surface area (TPSA) is 59.5 Å². The summed E-state index contributed by atoms with van der Waals surface area (Å²) >= 11 is 0. The summed E-state index contributed by atoms with van der Waals surface area (Å²) in [5.41, 5.74) is 6.75. The summed E-state index contributed by atoms with van der Waals surface area (Å²) in [5, 5.41) is 0.796. The molecule has 1 amide bonds. The van der Waals surface area contributed by atoms with E-state index < -0.39 is 5.97 Å². The lowest BCUT2D eigenvalue weighted by Crippen LogP contribution is -2.31. The first kappa shape index (κ1) is 21.0. The second-order valence-electron chi connectivity index (χ2n) is 8.39. The predicted octanol–water partition coefficient (Wildman–Crippen LogP) is 4.55. The number of hydrogen-bond acceptors (Lipinski definition) is 4. The number of carbonyl (C=O) groups excluding carboxylic acids is 2. The Labute approximate surface area is 183 Å². The van der Waals surface area contributed by atoms with E-state index in [1.165, 1.54) is 5.56 Å². The number of esters is 1. The van der Waals surface area contributed by atoms with E-state index >= 15 is 0 Å². The van der Waals surface area contributed by atoms with Crippen molar-refractivity contribution in [2.24, 2.45) is 0 Å². The molecule has 31 heavy (non-hydrogen) atoms. The van der Waals surface area contributed by atoms with Crippen molar-refractivity contribution >= 4 is 22.8 Å². The van der Waals surface area contributed by atoms with Crippen LogP contribution in [0.3, 0.4) is 0 Å². The van der Waals surface area contributed by atoms with Gasteiger partial charge in [-0.15, -0.1) is 0 Å². The van der Waals surface area contributed by atoms with Gasteiger partial charge in [0.15, 0.2) is 6.61 Å². The van der Waals surface area contributed by atoms with Crippen molar-refractivity contribution in [2.45, 2.75) is 46.1 Å². The quantitative estimate of drug-likeness (QED) is 0.573. The highest BCUT2D eigenvalue weighted by atomic mass is 16.5. The minimum atomic E-state index is -0.440. The molecular weight excluding hydrogens is 388 g/mol. The zero-order valence-corrected chi connectivity index (χ0v) is 18.4. The van der Waals surface area contributed by atoms with Crippen LogP contribution >= 0.6 is 0 Å². The molecule has 5 heteroatoms. The molecule has 160 valence electrons. The average molecular weight is 417 g/mol. The number of pyridine rings is 1. The molecule has 0 bridgehead atoms. The molecule has 1 heterocycles. The Bertz CT molecular complexity index is 1150. The summed E-state index contributed by atoms with van der Waals surface area (Å²) in [4.78, 5) is 32.1. The van der Waals surface area contributed by atoms with Gasteiger partial charge in [-0.2, -0.15) is 0 Å². The summed E-state index contributed by atoms with van der Waals surface area (Å²) in [6, 6.07) is 13.8. The molecule has 0 fully saturated rings. The Kier molecular flexibility index (Phi) is 6.03. The third kappa shape index (κ3) is 4.46. The van der Waals surface area contributed by atoms with Crippen LogP contribution in [0.2, 0.25) is 0 Å². The predicted molar refractivity (Wildman–Crippen MR) is 121 cm³/mol. The Morgan fingerprint density at radius 2 is 1.84 bits per heavy atom. The highest BCUT2D eigenvalue weighted by Gasteiger charge is 2.24. The third-order valence-electron chi connectivity index (χ3n) is 6.03. The van der Waals surface area contributed by atoms with E-state index in [1.54, 1.807) is 11.9 Å². The van der Waals surface area contributed by atoms with Gasteiger partial charge in [-0.3, -0.25) is 9.78 Å². The number of fused-ring (bicyclic) bond motifs is 2. The number of amides is 1. The Balaban J connectivity index is 1.50. The van der Waals surface area contributed by atoms with Crippen LogP contribution in [0, 0.1) is 13.8 Å². The number of rotatable bonds is 5. The minimum Gasteiger partial charge on any atom is -0.452 e. The van der Waals surface area contributed by atoms with Crippen LogP contribution in [0.25, 0.3) is 10.9 Å². The number of aromatic nitrogens is 1. The van der Waals surface area contributed by atoms with E-state index in [2.05, 4.69) is 6.07 Å². The molecular formula is C26H28N2O3. The van der Waals surface area contributed by atoms with Crippen LogP contribution in [-0.4, -0.2) is 35.4 Å². The molecule has 0 saturated carbocycles. The molecule has 0 saturated heterocycles. The molecule has 5 nitrogen and oxygen atoms in total. The molecule has 0 atom stereocenters. The summed E-state index contributed by atoms with van der Waals surface area (Å²) in [7, 11) is 1.74. The second-order valence-corrected chi connectivity index (χ2v) is 8.39. The fourth-order valence-corrected chi connectivity index (χ4v) is 4.28. The minimum absolute atomic E-state index is 0.222. The summed E-state index contributed by atoms with van der Waals surface area (Å²) in [5.74, 6) is -0.662. The Hall–Kier alpha value is -3.21. The third-order valence-corrected chi connectivity index (χ3v) is 6.03. The summed E-state index contributed by atoms with van der Waals surface area (Å²) in [6.07, 6.45) is 3.80. The molecule has 0 unspecified atom stereocenters. The van der Waals surface area contributed by atoms with Crippen LogP contribution in [0.1, 0.15) is 51.1 Å². The lowest BCUT2D eigenvalue weighted by atomic mass is 9.90. The fraction of sp³-hybridized carbons (Fsp3) is 0.346. The van der Waals surface area contributed by atoms with E-state index in [-0.39, 0.29) is 12.5 Å². The molecule has 4 rings (SSSR count). The van der Waals surface area contributed by atoms with Gasteiger partial charge < -0.3 is 9.64 Å². The number of ether oxygens (including phenoxy) is 1.